The molecule has 1 aromatic heterocycles. The average molecular weight is 346 g/mol. The molecule has 4 nitrogen and oxygen atoms in total. The molecular weight excluding hydrogens is 318 g/mol. The molecule has 0 spiro atoms. The summed E-state index contributed by atoms with van der Waals surface area (Å²) in [4.78, 5) is 19.7. The molecule has 1 saturated heterocycles. The summed E-state index contributed by atoms with van der Waals surface area (Å²) in [5.74, 6) is 0.227. The number of para-hydroxylation sites is 2. The molecule has 1 fully saturated rings. The van der Waals surface area contributed by atoms with Gasteiger partial charge in [0.2, 0.25) is 5.91 Å². The van der Waals surface area contributed by atoms with Crippen molar-refractivity contribution in [3.63, 3.8) is 0 Å². The Morgan fingerprint density at radius 1 is 1.12 bits per heavy atom. The summed E-state index contributed by atoms with van der Waals surface area (Å²) >= 11 is 1.73. The van der Waals surface area contributed by atoms with E-state index in [1.807, 2.05) is 18.2 Å². The van der Waals surface area contributed by atoms with E-state index in [0.717, 1.165) is 42.1 Å². The fourth-order valence-corrected chi connectivity index (χ4v) is 4.10. The van der Waals surface area contributed by atoms with E-state index in [9.17, 15) is 4.79 Å². The first-order valence-corrected chi connectivity index (χ1v) is 9.93. The van der Waals surface area contributed by atoms with Gasteiger partial charge in [-0.3, -0.25) is 4.79 Å². The van der Waals surface area contributed by atoms with Crippen LogP contribution in [0.25, 0.3) is 11.0 Å². The number of aromatic nitrogens is 2. The lowest BCUT2D eigenvalue weighted by atomic mass is 10.1. The van der Waals surface area contributed by atoms with Crippen LogP contribution in [-0.2, 0) is 11.3 Å². The number of nitrogens with zero attached hydrogens (tertiary/aromatic N) is 3. The molecule has 130 valence electrons. The van der Waals surface area contributed by atoms with E-state index in [-0.39, 0.29) is 5.91 Å². The molecule has 0 radical (unpaired) electrons. The number of fused-ring (bicyclic) bond motifs is 1. The van der Waals surface area contributed by atoms with Crippen molar-refractivity contribution in [3.8, 4) is 0 Å². The van der Waals surface area contributed by atoms with Gasteiger partial charge in [-0.1, -0.05) is 57.0 Å². The number of likely N-dealkylation sites (tertiary alicyclic amines) is 1. The van der Waals surface area contributed by atoms with Crippen molar-refractivity contribution in [3.05, 3.63) is 24.3 Å². The molecular formula is C19H27N3OS. The maximum atomic E-state index is 12.9. The Hall–Kier alpha value is -1.49. The van der Waals surface area contributed by atoms with Crippen molar-refractivity contribution < 1.29 is 4.79 Å². The van der Waals surface area contributed by atoms with Gasteiger partial charge in [0.15, 0.2) is 5.16 Å². The zero-order valence-electron chi connectivity index (χ0n) is 14.7. The third-order valence-electron chi connectivity index (χ3n) is 4.46. The molecule has 5 heteroatoms. The molecule has 0 bridgehead atoms. The lowest BCUT2D eigenvalue weighted by molar-refractivity contribution is -0.132. The second-order valence-corrected chi connectivity index (χ2v) is 8.33. The molecule has 0 saturated carbocycles. The van der Waals surface area contributed by atoms with Crippen LogP contribution >= 0.6 is 11.8 Å². The van der Waals surface area contributed by atoms with Crippen LogP contribution < -0.4 is 0 Å². The third-order valence-corrected chi connectivity index (χ3v) is 5.46. The average Bonchev–Trinajstić information content (AvgIpc) is 2.84. The number of rotatable bonds is 4. The van der Waals surface area contributed by atoms with Gasteiger partial charge >= 0.3 is 0 Å². The first-order chi connectivity index (χ1) is 11.6. The second kappa shape index (κ2) is 8.06. The van der Waals surface area contributed by atoms with Gasteiger partial charge in [0.1, 0.15) is 6.54 Å². The maximum Gasteiger partial charge on any atom is 0.242 e. The third kappa shape index (κ3) is 4.12. The quantitative estimate of drug-likeness (QED) is 0.774. The van der Waals surface area contributed by atoms with Crippen molar-refractivity contribution in [1.82, 2.24) is 14.5 Å². The molecule has 24 heavy (non-hydrogen) atoms. The van der Waals surface area contributed by atoms with Gasteiger partial charge < -0.3 is 9.47 Å². The summed E-state index contributed by atoms with van der Waals surface area (Å²) in [6.07, 6.45) is 6.05. The number of hydrogen-bond acceptors (Lipinski definition) is 3. The summed E-state index contributed by atoms with van der Waals surface area (Å²) in [7, 11) is 0. The summed E-state index contributed by atoms with van der Waals surface area (Å²) < 4.78 is 2.10. The van der Waals surface area contributed by atoms with Gasteiger partial charge in [-0.25, -0.2) is 4.98 Å². The monoisotopic (exact) mass is 345 g/mol. The predicted octanol–water partition coefficient (Wildman–Crippen LogP) is 4.33. The molecule has 1 aromatic carbocycles. The van der Waals surface area contributed by atoms with Gasteiger partial charge in [0.05, 0.1) is 11.0 Å². The topological polar surface area (TPSA) is 38.1 Å². The van der Waals surface area contributed by atoms with Gasteiger partial charge in [0.25, 0.3) is 0 Å². The first-order valence-electron chi connectivity index (χ1n) is 9.05. The molecule has 0 atom stereocenters. The largest absolute Gasteiger partial charge is 0.341 e. The maximum absolute atomic E-state index is 12.9. The van der Waals surface area contributed by atoms with E-state index >= 15 is 0 Å². The molecule has 1 aliphatic heterocycles. The van der Waals surface area contributed by atoms with E-state index in [1.54, 1.807) is 11.8 Å². The molecule has 0 unspecified atom stereocenters. The van der Waals surface area contributed by atoms with Crippen LogP contribution in [0.1, 0.15) is 46.0 Å². The number of benzene rings is 1. The number of carbonyl (C=O) groups is 1. The zero-order chi connectivity index (χ0) is 16.9. The van der Waals surface area contributed by atoms with E-state index in [1.165, 1.54) is 19.3 Å². The van der Waals surface area contributed by atoms with Crippen LogP contribution in [0.3, 0.4) is 0 Å². The van der Waals surface area contributed by atoms with E-state index in [4.69, 9.17) is 4.98 Å². The fourth-order valence-electron chi connectivity index (χ4n) is 3.24. The zero-order valence-corrected chi connectivity index (χ0v) is 15.5. The Labute approximate surface area is 148 Å². The Morgan fingerprint density at radius 3 is 2.50 bits per heavy atom. The SMILES string of the molecule is CC(C)Sc1nc2ccccc2n1CC(=O)N1CCCCCCC1. The van der Waals surface area contributed by atoms with Crippen LogP contribution in [0.4, 0.5) is 0 Å². The van der Waals surface area contributed by atoms with Crippen LogP contribution in [0.2, 0.25) is 0 Å². The first kappa shape index (κ1) is 17.3. The predicted molar refractivity (Wildman–Crippen MR) is 100 cm³/mol. The Morgan fingerprint density at radius 2 is 1.79 bits per heavy atom. The molecule has 3 rings (SSSR count). The highest BCUT2D eigenvalue weighted by atomic mass is 32.2. The van der Waals surface area contributed by atoms with Gasteiger partial charge in [-0.2, -0.15) is 0 Å². The van der Waals surface area contributed by atoms with Crippen LogP contribution in [0.15, 0.2) is 29.4 Å². The van der Waals surface area contributed by atoms with E-state index < -0.39 is 0 Å². The highest BCUT2D eigenvalue weighted by Gasteiger charge is 2.19. The van der Waals surface area contributed by atoms with Crippen LogP contribution in [-0.4, -0.2) is 38.7 Å². The van der Waals surface area contributed by atoms with Crippen molar-refractivity contribution >= 4 is 28.7 Å². The number of imidazole rings is 1. The van der Waals surface area contributed by atoms with E-state index in [2.05, 4.69) is 29.4 Å². The Kier molecular flexibility index (Phi) is 5.82. The molecule has 1 amide bonds. The normalized spacial score (nSPS) is 16.4. The number of thioether (sulfide) groups is 1. The second-order valence-electron chi connectivity index (χ2n) is 6.78. The highest BCUT2D eigenvalue weighted by Crippen LogP contribution is 2.27. The van der Waals surface area contributed by atoms with Crippen molar-refractivity contribution in [2.75, 3.05) is 13.1 Å². The highest BCUT2D eigenvalue weighted by molar-refractivity contribution is 7.99. The lowest BCUT2D eigenvalue weighted by Gasteiger charge is -2.25. The van der Waals surface area contributed by atoms with Gasteiger partial charge in [-0.05, 0) is 25.0 Å². The Bertz CT molecular complexity index is 687. The number of amides is 1. The minimum Gasteiger partial charge on any atom is -0.341 e. The molecule has 1 aliphatic rings. The van der Waals surface area contributed by atoms with Crippen LogP contribution in [0.5, 0.6) is 0 Å². The number of carbonyl (C=O) groups excluding carboxylic acids is 1. The smallest absolute Gasteiger partial charge is 0.242 e. The van der Waals surface area contributed by atoms with Crippen molar-refractivity contribution in [1.29, 1.82) is 0 Å². The van der Waals surface area contributed by atoms with E-state index in [0.29, 0.717) is 11.8 Å². The van der Waals surface area contributed by atoms with Crippen molar-refractivity contribution in [2.45, 2.75) is 62.9 Å². The summed E-state index contributed by atoms with van der Waals surface area (Å²) in [6, 6.07) is 8.11. The van der Waals surface area contributed by atoms with Gasteiger partial charge in [-0.15, -0.1) is 0 Å². The summed E-state index contributed by atoms with van der Waals surface area (Å²) in [5, 5.41) is 1.39. The minimum absolute atomic E-state index is 0.227. The molecule has 0 aliphatic carbocycles. The van der Waals surface area contributed by atoms with Crippen molar-refractivity contribution in [2.24, 2.45) is 0 Å². The molecule has 2 heterocycles. The standard InChI is InChI=1S/C19H27N3OS/c1-15(2)24-19-20-16-10-6-7-11-17(16)22(19)14-18(23)21-12-8-4-3-5-9-13-21/h6-7,10-11,15H,3-5,8-9,12-14H2,1-2H3. The van der Waals surface area contributed by atoms with Crippen LogP contribution in [0, 0.1) is 0 Å². The Balaban J connectivity index is 1.83. The number of hydrogen-bond donors (Lipinski definition) is 0. The fraction of sp³-hybridized carbons (Fsp3) is 0.579. The van der Waals surface area contributed by atoms with Gasteiger partial charge in [0, 0.05) is 18.3 Å². The minimum atomic E-state index is 0.227. The molecule has 0 N–H and O–H groups in total. The molecule has 2 aromatic rings. The summed E-state index contributed by atoms with van der Waals surface area (Å²) in [5.41, 5.74) is 2.03. The summed E-state index contributed by atoms with van der Waals surface area (Å²) in [6.45, 7) is 6.52. The lowest BCUT2D eigenvalue weighted by Crippen LogP contribution is -2.36.